The number of carboxylic acids is 1. The van der Waals surface area contributed by atoms with Gasteiger partial charge in [0.25, 0.3) is 0 Å². The molecule has 126 valence electrons. The van der Waals surface area contributed by atoms with Crippen LogP contribution >= 0.6 is 0 Å². The van der Waals surface area contributed by atoms with E-state index in [1.165, 1.54) is 0 Å². The number of carbonyl (C=O) groups is 1. The Morgan fingerprint density at radius 1 is 1.04 bits per heavy atom. The van der Waals surface area contributed by atoms with Crippen molar-refractivity contribution in [1.82, 2.24) is 10.3 Å². The lowest BCUT2D eigenvalue weighted by Crippen LogP contribution is -2.58. The molecule has 1 saturated heterocycles. The van der Waals surface area contributed by atoms with Crippen LogP contribution in [0, 0.1) is 0 Å². The summed E-state index contributed by atoms with van der Waals surface area (Å²) in [4.78, 5) is 12.1. The zero-order valence-corrected chi connectivity index (χ0v) is 13.6. The van der Waals surface area contributed by atoms with Crippen molar-refractivity contribution in [3.63, 3.8) is 0 Å². The summed E-state index contributed by atoms with van der Waals surface area (Å²) >= 11 is 0. The highest BCUT2D eigenvalue weighted by atomic mass is 16.4. The van der Waals surface area contributed by atoms with Gasteiger partial charge < -0.3 is 10.4 Å². The number of nitrogens with zero attached hydrogens (tertiary/aromatic N) is 2. The van der Waals surface area contributed by atoms with E-state index < -0.39 is 12.0 Å². The summed E-state index contributed by atoms with van der Waals surface area (Å²) in [6.45, 7) is 3.32. The quantitative estimate of drug-likeness (QED) is 0.851. The van der Waals surface area contributed by atoms with Crippen molar-refractivity contribution in [2.45, 2.75) is 12.5 Å². The molecule has 1 fully saturated rings. The highest BCUT2D eigenvalue weighted by molar-refractivity contribution is 5.78. The molecule has 5 nitrogen and oxygen atoms in total. The van der Waals surface area contributed by atoms with Crippen LogP contribution in [0.25, 0.3) is 0 Å². The Kier molecular flexibility index (Phi) is 5.46. The molecule has 1 aliphatic rings. The Balaban J connectivity index is 1.92. The maximum Gasteiger partial charge on any atom is 0.328 e. The van der Waals surface area contributed by atoms with Crippen LogP contribution < -0.4 is 10.3 Å². The monoisotopic (exact) mass is 325 g/mol. The van der Waals surface area contributed by atoms with Crippen molar-refractivity contribution in [3.8, 4) is 0 Å². The van der Waals surface area contributed by atoms with Crippen LogP contribution in [0.5, 0.6) is 0 Å². The zero-order chi connectivity index (χ0) is 16.8. The number of benzene rings is 2. The average Bonchev–Trinajstić information content (AvgIpc) is 2.64. The van der Waals surface area contributed by atoms with E-state index in [4.69, 9.17) is 0 Å². The van der Waals surface area contributed by atoms with Crippen LogP contribution in [0.1, 0.15) is 5.56 Å². The van der Waals surface area contributed by atoms with Gasteiger partial charge in [-0.15, -0.1) is 0 Å². The second-order valence-electron chi connectivity index (χ2n) is 5.93. The second kappa shape index (κ2) is 7.95. The summed E-state index contributed by atoms with van der Waals surface area (Å²) in [6, 6.07) is 19.0. The molecule has 5 heteroatoms. The predicted molar refractivity (Wildman–Crippen MR) is 94.9 cm³/mol. The van der Waals surface area contributed by atoms with Crippen molar-refractivity contribution < 1.29 is 9.90 Å². The largest absolute Gasteiger partial charge is 0.480 e. The molecule has 3 rings (SSSR count). The van der Waals surface area contributed by atoms with Gasteiger partial charge in [0.1, 0.15) is 6.04 Å². The normalized spacial score (nSPS) is 16.5. The van der Waals surface area contributed by atoms with Gasteiger partial charge >= 0.3 is 5.97 Å². The van der Waals surface area contributed by atoms with Crippen LogP contribution in [-0.2, 0) is 11.2 Å². The lowest BCUT2D eigenvalue weighted by molar-refractivity contribution is -0.139. The van der Waals surface area contributed by atoms with Gasteiger partial charge in [-0.3, -0.25) is 5.01 Å². The third-order valence-electron chi connectivity index (χ3n) is 4.27. The number of anilines is 1. The summed E-state index contributed by atoms with van der Waals surface area (Å²) < 4.78 is 0. The molecule has 0 aliphatic carbocycles. The molecule has 2 aromatic carbocycles. The van der Waals surface area contributed by atoms with E-state index >= 15 is 0 Å². The van der Waals surface area contributed by atoms with Crippen LogP contribution in [-0.4, -0.2) is 48.3 Å². The average molecular weight is 325 g/mol. The first-order valence-corrected chi connectivity index (χ1v) is 8.32. The number of hydrogen-bond acceptors (Lipinski definition) is 4. The number of para-hydroxylation sites is 1. The number of nitrogens with one attached hydrogen (secondary N) is 1. The summed E-state index contributed by atoms with van der Waals surface area (Å²) in [5.74, 6) is -0.804. The Morgan fingerprint density at radius 3 is 2.21 bits per heavy atom. The maximum atomic E-state index is 12.1. The molecule has 0 spiro atoms. The van der Waals surface area contributed by atoms with Crippen LogP contribution in [0.15, 0.2) is 60.7 Å². The SMILES string of the molecule is O=C(O)C(Cc1ccccc1)N(c1ccccc1)N1CCNCC1. The minimum Gasteiger partial charge on any atom is -0.480 e. The van der Waals surface area contributed by atoms with Gasteiger partial charge in [-0.1, -0.05) is 48.5 Å². The Bertz CT molecular complexity index is 642. The number of carboxylic acid groups (broad SMARTS) is 1. The fourth-order valence-electron chi connectivity index (χ4n) is 3.11. The lowest BCUT2D eigenvalue weighted by Gasteiger charge is -2.42. The molecule has 0 aromatic heterocycles. The number of hydrazine groups is 1. The van der Waals surface area contributed by atoms with E-state index in [0.717, 1.165) is 37.4 Å². The minimum absolute atomic E-state index is 0.467. The molecule has 1 atom stereocenters. The van der Waals surface area contributed by atoms with Crippen molar-refractivity contribution >= 4 is 11.7 Å². The molecule has 0 bridgehead atoms. The molecule has 0 radical (unpaired) electrons. The first-order valence-electron chi connectivity index (χ1n) is 8.32. The fourth-order valence-corrected chi connectivity index (χ4v) is 3.11. The number of piperazine rings is 1. The molecule has 2 N–H and O–H groups in total. The number of hydrogen-bond donors (Lipinski definition) is 2. The van der Waals surface area contributed by atoms with Gasteiger partial charge in [0.05, 0.1) is 5.69 Å². The predicted octanol–water partition coefficient (Wildman–Crippen LogP) is 2.01. The van der Waals surface area contributed by atoms with Crippen LogP contribution in [0.2, 0.25) is 0 Å². The summed E-state index contributed by atoms with van der Waals surface area (Å²) in [7, 11) is 0. The topological polar surface area (TPSA) is 55.8 Å². The molecule has 24 heavy (non-hydrogen) atoms. The molecule has 1 heterocycles. The van der Waals surface area contributed by atoms with E-state index in [9.17, 15) is 9.90 Å². The summed E-state index contributed by atoms with van der Waals surface area (Å²) in [5, 5.41) is 17.3. The van der Waals surface area contributed by atoms with E-state index in [0.29, 0.717) is 6.42 Å². The highest BCUT2D eigenvalue weighted by Crippen LogP contribution is 2.22. The van der Waals surface area contributed by atoms with Crippen molar-refractivity contribution in [1.29, 1.82) is 0 Å². The first-order chi connectivity index (χ1) is 11.8. The standard InChI is InChI=1S/C19H23N3O2/c23-19(24)18(15-16-7-3-1-4-8-16)22(17-9-5-2-6-10-17)21-13-11-20-12-14-21/h1-10,18,20H,11-15H2,(H,23,24). The van der Waals surface area contributed by atoms with Gasteiger partial charge in [-0.25, -0.2) is 9.80 Å². The third kappa shape index (κ3) is 3.93. The second-order valence-corrected chi connectivity index (χ2v) is 5.93. The number of rotatable bonds is 6. The van der Waals surface area contributed by atoms with E-state index in [-0.39, 0.29) is 0 Å². The minimum atomic E-state index is -0.804. The van der Waals surface area contributed by atoms with Gasteiger partial charge in [0.2, 0.25) is 0 Å². The van der Waals surface area contributed by atoms with Gasteiger partial charge in [-0.2, -0.15) is 0 Å². The van der Waals surface area contributed by atoms with Crippen molar-refractivity contribution in [2.24, 2.45) is 0 Å². The smallest absolute Gasteiger partial charge is 0.328 e. The molecule has 0 saturated carbocycles. The Hall–Kier alpha value is -2.37. The fraction of sp³-hybridized carbons (Fsp3) is 0.316. The van der Waals surface area contributed by atoms with Gasteiger partial charge in [0, 0.05) is 32.6 Å². The van der Waals surface area contributed by atoms with Gasteiger partial charge in [0.15, 0.2) is 0 Å². The molecule has 0 amide bonds. The highest BCUT2D eigenvalue weighted by Gasteiger charge is 2.31. The first kappa shape index (κ1) is 16.5. The molecular weight excluding hydrogens is 302 g/mol. The summed E-state index contributed by atoms with van der Waals surface area (Å²) in [6.07, 6.45) is 0.467. The van der Waals surface area contributed by atoms with E-state index in [2.05, 4.69) is 10.3 Å². The Morgan fingerprint density at radius 2 is 1.62 bits per heavy atom. The van der Waals surface area contributed by atoms with Gasteiger partial charge in [-0.05, 0) is 17.7 Å². The molecule has 1 aliphatic heterocycles. The third-order valence-corrected chi connectivity index (χ3v) is 4.27. The molecular formula is C19H23N3O2. The molecule has 2 aromatic rings. The Labute approximate surface area is 142 Å². The van der Waals surface area contributed by atoms with Crippen molar-refractivity contribution in [2.75, 3.05) is 31.2 Å². The van der Waals surface area contributed by atoms with E-state index in [1.807, 2.05) is 65.7 Å². The van der Waals surface area contributed by atoms with Crippen LogP contribution in [0.4, 0.5) is 5.69 Å². The van der Waals surface area contributed by atoms with Crippen molar-refractivity contribution in [3.05, 3.63) is 66.2 Å². The zero-order valence-electron chi connectivity index (χ0n) is 13.6. The molecule has 1 unspecified atom stereocenters. The van der Waals surface area contributed by atoms with Crippen LogP contribution in [0.3, 0.4) is 0 Å². The summed E-state index contributed by atoms with van der Waals surface area (Å²) in [5.41, 5.74) is 1.95. The lowest BCUT2D eigenvalue weighted by atomic mass is 10.0. The maximum absolute atomic E-state index is 12.1. The number of aliphatic carboxylic acids is 1. The van der Waals surface area contributed by atoms with E-state index in [1.54, 1.807) is 0 Å².